The predicted molar refractivity (Wildman–Crippen MR) is 58.2 cm³/mol. The van der Waals surface area contributed by atoms with Gasteiger partial charge in [0.15, 0.2) is 16.3 Å². The molecule has 1 aromatic heterocycles. The van der Waals surface area contributed by atoms with E-state index < -0.39 is 0 Å². The number of amidine groups is 1. The Morgan fingerprint density at radius 1 is 1.71 bits per heavy atom. The van der Waals surface area contributed by atoms with Crippen LogP contribution in [-0.2, 0) is 11.9 Å². The van der Waals surface area contributed by atoms with E-state index in [9.17, 15) is 0 Å². The first kappa shape index (κ1) is 10.8. The first-order valence-corrected chi connectivity index (χ1v) is 4.68. The molecule has 0 aliphatic carbocycles. The first-order chi connectivity index (χ1) is 6.61. The van der Waals surface area contributed by atoms with Crippen molar-refractivity contribution in [1.29, 1.82) is 0 Å². The lowest BCUT2D eigenvalue weighted by Gasteiger charge is -2.03. The summed E-state index contributed by atoms with van der Waals surface area (Å²) in [6.45, 7) is 0. The highest BCUT2D eigenvalue weighted by Gasteiger charge is 2.15. The molecule has 1 rings (SSSR count). The number of halogens is 1. The number of rotatable bonds is 3. The van der Waals surface area contributed by atoms with E-state index in [2.05, 4.69) is 36.2 Å². The number of hydrogen-bond donors (Lipinski definition) is 2. The summed E-state index contributed by atoms with van der Waals surface area (Å²) in [6.07, 6.45) is 0. The number of imidazole rings is 1. The van der Waals surface area contributed by atoms with E-state index in [-0.39, 0.29) is 5.84 Å². The third-order valence-electron chi connectivity index (χ3n) is 1.71. The molecule has 7 heteroatoms. The molecule has 6 nitrogen and oxygen atoms in total. The summed E-state index contributed by atoms with van der Waals surface area (Å²) in [5.41, 5.74) is 6.21. The minimum absolute atomic E-state index is 0.234. The van der Waals surface area contributed by atoms with Gasteiger partial charge in [-0.1, -0.05) is 5.16 Å². The highest BCUT2D eigenvalue weighted by molar-refractivity contribution is 9.10. The van der Waals surface area contributed by atoms with Gasteiger partial charge in [-0.05, 0) is 15.9 Å². The van der Waals surface area contributed by atoms with Crippen LogP contribution in [0.25, 0.3) is 0 Å². The van der Waals surface area contributed by atoms with Gasteiger partial charge in [0, 0.05) is 14.1 Å². The summed E-state index contributed by atoms with van der Waals surface area (Å²) in [5, 5.41) is 6.59. The lowest BCUT2D eigenvalue weighted by molar-refractivity contribution is 0.213. The monoisotopic (exact) mass is 261 g/mol. The van der Waals surface area contributed by atoms with Gasteiger partial charge in [0.1, 0.15) is 12.9 Å². The van der Waals surface area contributed by atoms with Gasteiger partial charge in [0.05, 0.1) is 0 Å². The van der Waals surface area contributed by atoms with Crippen LogP contribution in [-0.4, -0.2) is 29.5 Å². The van der Waals surface area contributed by atoms with Crippen LogP contribution in [0.3, 0.4) is 0 Å². The first-order valence-electron chi connectivity index (χ1n) is 3.88. The summed E-state index contributed by atoms with van der Waals surface area (Å²) in [4.78, 5) is 8.76. The van der Waals surface area contributed by atoms with Crippen molar-refractivity contribution in [1.82, 2.24) is 9.55 Å². The quantitative estimate of drug-likeness (QED) is 0.472. The normalized spacial score (nSPS) is 11.6. The van der Waals surface area contributed by atoms with Gasteiger partial charge < -0.3 is 20.5 Å². The Morgan fingerprint density at radius 3 is 2.86 bits per heavy atom. The van der Waals surface area contributed by atoms with Crippen molar-refractivity contribution < 1.29 is 4.84 Å². The molecule has 14 heavy (non-hydrogen) atoms. The molecule has 0 saturated carbocycles. The SMILES string of the molecule is CNc1c(/C(N)=N/OC)nc(Br)n1C. The van der Waals surface area contributed by atoms with Gasteiger partial charge in [-0.15, -0.1) is 0 Å². The van der Waals surface area contributed by atoms with Crippen molar-refractivity contribution >= 4 is 27.6 Å². The Morgan fingerprint density at radius 2 is 2.36 bits per heavy atom. The third kappa shape index (κ3) is 1.82. The number of nitrogens with one attached hydrogen (secondary N) is 1. The summed E-state index contributed by atoms with van der Waals surface area (Å²) in [5.74, 6) is 1.01. The number of nitrogens with zero attached hydrogens (tertiary/aromatic N) is 3. The molecule has 0 radical (unpaired) electrons. The van der Waals surface area contributed by atoms with E-state index in [1.54, 1.807) is 7.05 Å². The fraction of sp³-hybridized carbons (Fsp3) is 0.429. The average Bonchev–Trinajstić information content (AvgIpc) is 2.44. The predicted octanol–water partition coefficient (Wildman–Crippen LogP) is 0.491. The number of aromatic nitrogens is 2. The molecule has 0 amide bonds. The zero-order chi connectivity index (χ0) is 10.7. The largest absolute Gasteiger partial charge is 0.397 e. The Hall–Kier alpha value is -1.24. The Bertz CT molecular complexity index is 359. The van der Waals surface area contributed by atoms with Crippen molar-refractivity contribution in [3.8, 4) is 0 Å². The summed E-state index contributed by atoms with van der Waals surface area (Å²) in [6, 6.07) is 0. The number of oxime groups is 1. The molecule has 78 valence electrons. The smallest absolute Gasteiger partial charge is 0.192 e. The average molecular weight is 262 g/mol. The third-order valence-corrected chi connectivity index (χ3v) is 2.42. The van der Waals surface area contributed by atoms with Crippen LogP contribution in [0.1, 0.15) is 5.69 Å². The van der Waals surface area contributed by atoms with Gasteiger partial charge in [-0.3, -0.25) is 0 Å². The summed E-state index contributed by atoms with van der Waals surface area (Å²) >= 11 is 3.29. The standard InChI is InChI=1S/C7H12BrN5O/c1-10-6-4(5(9)12-14-3)11-7(8)13(6)2/h10H,1-3H3,(H2,9,12). The van der Waals surface area contributed by atoms with Crippen molar-refractivity contribution in [2.45, 2.75) is 0 Å². The Labute approximate surface area is 90.3 Å². The zero-order valence-electron chi connectivity index (χ0n) is 8.21. The topological polar surface area (TPSA) is 77.5 Å². The van der Waals surface area contributed by atoms with Crippen molar-refractivity contribution in [3.63, 3.8) is 0 Å². The maximum absolute atomic E-state index is 5.65. The van der Waals surface area contributed by atoms with E-state index in [4.69, 9.17) is 5.73 Å². The van der Waals surface area contributed by atoms with Crippen LogP contribution in [0.4, 0.5) is 5.82 Å². The molecule has 0 unspecified atom stereocenters. The minimum atomic E-state index is 0.234. The molecule has 0 spiro atoms. The fourth-order valence-corrected chi connectivity index (χ4v) is 1.43. The number of hydrogen-bond acceptors (Lipinski definition) is 4. The second-order valence-corrected chi connectivity index (χ2v) is 3.26. The van der Waals surface area contributed by atoms with Crippen molar-refractivity contribution in [2.75, 3.05) is 19.5 Å². The molecule has 0 aliphatic rings. The van der Waals surface area contributed by atoms with E-state index in [1.165, 1.54) is 7.11 Å². The molecule has 1 aromatic rings. The molecule has 0 atom stereocenters. The van der Waals surface area contributed by atoms with E-state index in [1.807, 2.05) is 11.6 Å². The highest BCUT2D eigenvalue weighted by Crippen LogP contribution is 2.19. The van der Waals surface area contributed by atoms with Crippen LogP contribution in [0, 0.1) is 0 Å². The second kappa shape index (κ2) is 4.32. The van der Waals surface area contributed by atoms with Gasteiger partial charge in [-0.2, -0.15) is 0 Å². The van der Waals surface area contributed by atoms with Crippen molar-refractivity contribution in [3.05, 3.63) is 10.4 Å². The molecular formula is C7H12BrN5O. The van der Waals surface area contributed by atoms with Crippen LogP contribution < -0.4 is 11.1 Å². The Kier molecular flexibility index (Phi) is 3.34. The summed E-state index contributed by atoms with van der Waals surface area (Å²) < 4.78 is 2.49. The molecule has 3 N–H and O–H groups in total. The van der Waals surface area contributed by atoms with Crippen LogP contribution >= 0.6 is 15.9 Å². The molecule has 0 aromatic carbocycles. The van der Waals surface area contributed by atoms with E-state index >= 15 is 0 Å². The van der Waals surface area contributed by atoms with E-state index in [0.29, 0.717) is 10.4 Å². The maximum atomic E-state index is 5.65. The van der Waals surface area contributed by atoms with Gasteiger partial charge in [-0.25, -0.2) is 4.98 Å². The highest BCUT2D eigenvalue weighted by atomic mass is 79.9. The van der Waals surface area contributed by atoms with Crippen LogP contribution in [0.5, 0.6) is 0 Å². The maximum Gasteiger partial charge on any atom is 0.192 e. The molecule has 0 saturated heterocycles. The molecule has 1 heterocycles. The molecule has 0 aliphatic heterocycles. The lowest BCUT2D eigenvalue weighted by Crippen LogP contribution is -2.16. The molecular weight excluding hydrogens is 250 g/mol. The van der Waals surface area contributed by atoms with Crippen LogP contribution in [0.2, 0.25) is 0 Å². The summed E-state index contributed by atoms with van der Waals surface area (Å²) in [7, 11) is 5.07. The number of nitrogens with two attached hydrogens (primary N) is 1. The van der Waals surface area contributed by atoms with Crippen molar-refractivity contribution in [2.24, 2.45) is 17.9 Å². The van der Waals surface area contributed by atoms with Gasteiger partial charge >= 0.3 is 0 Å². The van der Waals surface area contributed by atoms with E-state index in [0.717, 1.165) is 5.82 Å². The fourth-order valence-electron chi connectivity index (χ4n) is 1.08. The molecule has 0 bridgehead atoms. The van der Waals surface area contributed by atoms with Gasteiger partial charge in [0.2, 0.25) is 0 Å². The van der Waals surface area contributed by atoms with Crippen LogP contribution in [0.15, 0.2) is 9.89 Å². The Balaban J connectivity index is 3.21. The van der Waals surface area contributed by atoms with Gasteiger partial charge in [0.25, 0.3) is 0 Å². The molecule has 0 fully saturated rings. The lowest BCUT2D eigenvalue weighted by atomic mass is 10.4. The minimum Gasteiger partial charge on any atom is -0.397 e. The zero-order valence-corrected chi connectivity index (χ0v) is 9.79. The second-order valence-electron chi connectivity index (χ2n) is 2.55. The number of anilines is 1.